The molecule has 1 aromatic carbocycles. The van der Waals surface area contributed by atoms with Crippen LogP contribution in [0.2, 0.25) is 5.02 Å². The third-order valence-electron chi connectivity index (χ3n) is 4.31. The van der Waals surface area contributed by atoms with E-state index in [0.717, 1.165) is 29.4 Å². The van der Waals surface area contributed by atoms with E-state index in [1.54, 1.807) is 0 Å². The van der Waals surface area contributed by atoms with E-state index >= 15 is 0 Å². The fourth-order valence-electron chi connectivity index (χ4n) is 2.90. The molecule has 1 fully saturated rings. The Kier molecular flexibility index (Phi) is 4.39. The van der Waals surface area contributed by atoms with E-state index in [2.05, 4.69) is 30.9 Å². The van der Waals surface area contributed by atoms with Gasteiger partial charge in [-0.25, -0.2) is 0 Å². The molecule has 1 aromatic rings. The number of anilines is 1. The molecular weight excluding hydrogens is 258 g/mol. The molecule has 0 heterocycles. The minimum Gasteiger partial charge on any atom is -0.399 e. The van der Waals surface area contributed by atoms with Gasteiger partial charge in [-0.1, -0.05) is 11.6 Å². The molecule has 0 unspecified atom stereocenters. The lowest BCUT2D eigenvalue weighted by Gasteiger charge is -2.49. The molecule has 0 spiro atoms. The summed E-state index contributed by atoms with van der Waals surface area (Å²) in [6.45, 7) is 1.92. The summed E-state index contributed by atoms with van der Waals surface area (Å²) in [5.41, 5.74) is 8.06. The minimum absolute atomic E-state index is 0.349. The summed E-state index contributed by atoms with van der Waals surface area (Å²) in [4.78, 5) is 4.72. The maximum Gasteiger partial charge on any atom is 0.0452 e. The third-order valence-corrected chi connectivity index (χ3v) is 4.68. The molecule has 4 heteroatoms. The van der Waals surface area contributed by atoms with Gasteiger partial charge in [-0.2, -0.15) is 0 Å². The zero-order chi connectivity index (χ0) is 14.0. The lowest BCUT2D eigenvalue weighted by atomic mass is 9.75. The Hall–Kier alpha value is -0.770. The Bertz CT molecular complexity index is 441. The Morgan fingerprint density at radius 3 is 2.47 bits per heavy atom. The van der Waals surface area contributed by atoms with E-state index in [9.17, 15) is 0 Å². The lowest BCUT2D eigenvalue weighted by molar-refractivity contribution is 0.0259. The molecule has 1 aliphatic carbocycles. The van der Waals surface area contributed by atoms with Crippen LogP contribution in [0.3, 0.4) is 0 Å². The van der Waals surface area contributed by atoms with Crippen LogP contribution in [-0.2, 0) is 6.54 Å². The highest BCUT2D eigenvalue weighted by Gasteiger charge is 2.39. The van der Waals surface area contributed by atoms with Crippen molar-refractivity contribution in [1.29, 1.82) is 0 Å². The van der Waals surface area contributed by atoms with E-state index in [1.165, 1.54) is 19.3 Å². The van der Waals surface area contributed by atoms with Gasteiger partial charge >= 0.3 is 0 Å². The number of likely N-dealkylation sites (N-methyl/N-ethyl adjacent to an activating group) is 2. The van der Waals surface area contributed by atoms with Crippen molar-refractivity contribution >= 4 is 17.3 Å². The van der Waals surface area contributed by atoms with Crippen LogP contribution in [-0.4, -0.2) is 43.0 Å². The van der Waals surface area contributed by atoms with Gasteiger partial charge in [0, 0.05) is 29.3 Å². The van der Waals surface area contributed by atoms with Gasteiger partial charge in [0.1, 0.15) is 0 Å². The van der Waals surface area contributed by atoms with Crippen LogP contribution >= 0.6 is 11.6 Å². The van der Waals surface area contributed by atoms with Gasteiger partial charge in [0.25, 0.3) is 0 Å². The fourth-order valence-corrected chi connectivity index (χ4v) is 3.07. The molecule has 0 aliphatic heterocycles. The second kappa shape index (κ2) is 5.70. The highest BCUT2D eigenvalue weighted by Crippen LogP contribution is 2.37. The molecule has 1 aliphatic rings. The first-order valence-electron chi connectivity index (χ1n) is 6.83. The summed E-state index contributed by atoms with van der Waals surface area (Å²) in [7, 11) is 6.52. The Labute approximate surface area is 121 Å². The van der Waals surface area contributed by atoms with Crippen molar-refractivity contribution < 1.29 is 0 Å². The highest BCUT2D eigenvalue weighted by atomic mass is 35.5. The molecule has 19 heavy (non-hydrogen) atoms. The first kappa shape index (κ1) is 14.6. The second-order valence-corrected chi connectivity index (χ2v) is 6.40. The molecule has 106 valence electrons. The molecule has 0 bridgehead atoms. The summed E-state index contributed by atoms with van der Waals surface area (Å²) in [5, 5.41) is 0.800. The molecule has 0 atom stereocenters. The maximum absolute atomic E-state index is 6.23. The molecule has 0 radical (unpaired) electrons. The van der Waals surface area contributed by atoms with Gasteiger partial charge in [-0.05, 0) is 64.2 Å². The third kappa shape index (κ3) is 3.22. The van der Waals surface area contributed by atoms with Crippen molar-refractivity contribution in [1.82, 2.24) is 9.80 Å². The second-order valence-electron chi connectivity index (χ2n) is 6.00. The molecule has 0 saturated heterocycles. The van der Waals surface area contributed by atoms with Gasteiger partial charge in [0.2, 0.25) is 0 Å². The number of hydrogen-bond donors (Lipinski definition) is 1. The van der Waals surface area contributed by atoms with Gasteiger partial charge in [-0.15, -0.1) is 0 Å². The topological polar surface area (TPSA) is 32.5 Å². The molecule has 0 amide bonds. The molecule has 0 aromatic heterocycles. The van der Waals surface area contributed by atoms with Crippen molar-refractivity contribution in [2.24, 2.45) is 0 Å². The zero-order valence-electron chi connectivity index (χ0n) is 12.1. The van der Waals surface area contributed by atoms with E-state index < -0.39 is 0 Å². The number of rotatable bonds is 5. The number of benzene rings is 1. The number of hydrogen-bond acceptors (Lipinski definition) is 3. The van der Waals surface area contributed by atoms with Crippen LogP contribution in [0.4, 0.5) is 5.69 Å². The van der Waals surface area contributed by atoms with E-state index in [0.29, 0.717) is 5.54 Å². The number of nitrogens with zero attached hydrogens (tertiary/aromatic N) is 2. The summed E-state index contributed by atoms with van der Waals surface area (Å²) >= 11 is 6.23. The number of nitrogen functional groups attached to an aromatic ring is 1. The van der Waals surface area contributed by atoms with Crippen LogP contribution in [0, 0.1) is 0 Å². The predicted molar refractivity (Wildman–Crippen MR) is 82.5 cm³/mol. The Morgan fingerprint density at radius 1 is 1.26 bits per heavy atom. The van der Waals surface area contributed by atoms with Crippen LogP contribution in [0.15, 0.2) is 18.2 Å². The van der Waals surface area contributed by atoms with Gasteiger partial charge in [-0.3, -0.25) is 0 Å². The van der Waals surface area contributed by atoms with Crippen LogP contribution in [0.25, 0.3) is 0 Å². The molecule has 3 nitrogen and oxygen atoms in total. The Balaban J connectivity index is 2.01. The minimum atomic E-state index is 0.349. The Morgan fingerprint density at radius 2 is 1.95 bits per heavy atom. The molecule has 2 rings (SSSR count). The highest BCUT2D eigenvalue weighted by molar-refractivity contribution is 6.31. The summed E-state index contributed by atoms with van der Waals surface area (Å²) in [5.74, 6) is 0. The van der Waals surface area contributed by atoms with Crippen LogP contribution in [0.5, 0.6) is 0 Å². The van der Waals surface area contributed by atoms with Gasteiger partial charge in [0.15, 0.2) is 0 Å². The molecule has 1 saturated carbocycles. The first-order chi connectivity index (χ1) is 8.93. The van der Waals surface area contributed by atoms with E-state index in [-0.39, 0.29) is 0 Å². The van der Waals surface area contributed by atoms with Crippen molar-refractivity contribution in [3.63, 3.8) is 0 Å². The zero-order valence-corrected chi connectivity index (χ0v) is 12.9. The molecular formula is C15H24ClN3. The first-order valence-corrected chi connectivity index (χ1v) is 7.21. The lowest BCUT2D eigenvalue weighted by Crippen LogP contribution is -2.56. The van der Waals surface area contributed by atoms with Gasteiger partial charge < -0.3 is 15.5 Å². The van der Waals surface area contributed by atoms with Crippen molar-refractivity contribution in [3.05, 3.63) is 28.8 Å². The monoisotopic (exact) mass is 281 g/mol. The van der Waals surface area contributed by atoms with Crippen molar-refractivity contribution in [2.45, 2.75) is 31.3 Å². The summed E-state index contributed by atoms with van der Waals surface area (Å²) in [6, 6.07) is 5.70. The molecule has 2 N–H and O–H groups in total. The van der Waals surface area contributed by atoms with Crippen LogP contribution in [0.1, 0.15) is 24.8 Å². The smallest absolute Gasteiger partial charge is 0.0452 e. The number of nitrogens with two attached hydrogens (primary N) is 1. The average molecular weight is 282 g/mol. The van der Waals surface area contributed by atoms with E-state index in [1.807, 2.05) is 18.2 Å². The fraction of sp³-hybridized carbons (Fsp3) is 0.600. The quantitative estimate of drug-likeness (QED) is 0.843. The van der Waals surface area contributed by atoms with Gasteiger partial charge in [0.05, 0.1) is 0 Å². The number of halogens is 1. The SMILES string of the molecule is CN(Cc1cc(N)ccc1Cl)CC1(N(C)C)CCC1. The average Bonchev–Trinajstić information content (AvgIpc) is 2.28. The van der Waals surface area contributed by atoms with Crippen molar-refractivity contribution in [2.75, 3.05) is 33.4 Å². The maximum atomic E-state index is 6.23. The van der Waals surface area contributed by atoms with E-state index in [4.69, 9.17) is 17.3 Å². The summed E-state index contributed by atoms with van der Waals surface area (Å²) in [6.07, 6.45) is 3.91. The van der Waals surface area contributed by atoms with Crippen molar-refractivity contribution in [3.8, 4) is 0 Å². The predicted octanol–water partition coefficient (Wildman–Crippen LogP) is 2.84. The van der Waals surface area contributed by atoms with Crippen LogP contribution < -0.4 is 5.73 Å². The largest absolute Gasteiger partial charge is 0.399 e. The standard InChI is InChI=1S/C15H24ClN3/c1-18(2)15(7-4-8-15)11-19(3)10-12-9-13(17)5-6-14(12)16/h5-6,9H,4,7-8,10-11,17H2,1-3H3. The summed E-state index contributed by atoms with van der Waals surface area (Å²) < 4.78 is 0. The normalized spacial score (nSPS) is 17.8.